The highest BCUT2D eigenvalue weighted by atomic mass is 35.5. The quantitative estimate of drug-likeness (QED) is 0.843. The molecule has 0 aliphatic rings. The predicted molar refractivity (Wildman–Crippen MR) is 57.7 cm³/mol. The Morgan fingerprint density at radius 2 is 2.40 bits per heavy atom. The number of nitrogens with two attached hydrogens (primary N) is 1. The van der Waals surface area contributed by atoms with E-state index >= 15 is 0 Å². The number of rotatable bonds is 3. The van der Waals surface area contributed by atoms with Crippen LogP contribution in [0.5, 0.6) is 0 Å². The Morgan fingerprint density at radius 1 is 1.60 bits per heavy atom. The Hall–Kier alpha value is -1.20. The van der Waals surface area contributed by atoms with Crippen LogP contribution in [0.25, 0.3) is 5.78 Å². The summed E-state index contributed by atoms with van der Waals surface area (Å²) in [7, 11) is 0. The second-order valence-corrected chi connectivity index (χ2v) is 3.94. The molecule has 0 amide bonds. The van der Waals surface area contributed by atoms with E-state index in [2.05, 4.69) is 22.1 Å². The lowest BCUT2D eigenvalue weighted by Gasteiger charge is -2.04. The van der Waals surface area contributed by atoms with Crippen molar-refractivity contribution in [3.05, 3.63) is 23.2 Å². The van der Waals surface area contributed by atoms with Crippen LogP contribution in [0.4, 0.5) is 0 Å². The van der Waals surface area contributed by atoms with E-state index < -0.39 is 0 Å². The lowest BCUT2D eigenvalue weighted by Crippen LogP contribution is -2.13. The van der Waals surface area contributed by atoms with E-state index in [-0.39, 0.29) is 0 Å². The number of fused-ring (bicyclic) bond motifs is 1. The predicted octanol–water partition coefficient (Wildman–Crippen LogP) is 0.915. The van der Waals surface area contributed by atoms with Gasteiger partial charge in [0.05, 0.1) is 11.9 Å². The average Bonchev–Trinajstić information content (AvgIpc) is 2.57. The minimum absolute atomic E-state index is 0.361. The number of hydrogen-bond donors (Lipinski definition) is 1. The van der Waals surface area contributed by atoms with Crippen LogP contribution < -0.4 is 5.73 Å². The number of imidazole rings is 1. The Bertz CT molecular complexity index is 466. The summed E-state index contributed by atoms with van der Waals surface area (Å²) in [5.41, 5.74) is 6.39. The zero-order valence-electron chi connectivity index (χ0n) is 8.39. The van der Waals surface area contributed by atoms with Gasteiger partial charge in [0, 0.05) is 6.20 Å². The smallest absolute Gasteiger partial charge is 0.255 e. The summed E-state index contributed by atoms with van der Waals surface area (Å²) in [6.07, 6.45) is 4.09. The minimum Gasteiger partial charge on any atom is -0.330 e. The maximum Gasteiger partial charge on any atom is 0.255 e. The van der Waals surface area contributed by atoms with Crippen molar-refractivity contribution in [3.63, 3.8) is 0 Å². The fraction of sp³-hybridized carbons (Fsp3) is 0.444. The molecule has 0 bridgehead atoms. The molecule has 80 valence electrons. The van der Waals surface area contributed by atoms with Gasteiger partial charge in [-0.15, -0.1) is 5.10 Å². The van der Waals surface area contributed by atoms with Crippen LogP contribution in [-0.4, -0.2) is 26.1 Å². The molecule has 2 aromatic rings. The Labute approximate surface area is 92.3 Å². The molecule has 0 aliphatic heterocycles. The third-order valence-corrected chi connectivity index (χ3v) is 2.67. The Balaban J connectivity index is 2.40. The van der Waals surface area contributed by atoms with Crippen LogP contribution in [0.2, 0.25) is 5.15 Å². The Morgan fingerprint density at radius 3 is 3.07 bits per heavy atom. The van der Waals surface area contributed by atoms with Crippen molar-refractivity contribution in [2.45, 2.75) is 13.3 Å². The molecule has 0 spiro atoms. The van der Waals surface area contributed by atoms with Crippen LogP contribution in [0.1, 0.15) is 12.6 Å². The molecule has 0 saturated carbocycles. The van der Waals surface area contributed by atoms with Crippen molar-refractivity contribution in [1.82, 2.24) is 19.6 Å². The monoisotopic (exact) mass is 225 g/mol. The highest BCUT2D eigenvalue weighted by Gasteiger charge is 2.13. The zero-order valence-corrected chi connectivity index (χ0v) is 9.15. The van der Waals surface area contributed by atoms with Gasteiger partial charge < -0.3 is 5.73 Å². The van der Waals surface area contributed by atoms with Crippen LogP contribution in [0, 0.1) is 5.92 Å². The van der Waals surface area contributed by atoms with E-state index in [9.17, 15) is 0 Å². The van der Waals surface area contributed by atoms with E-state index in [0.29, 0.717) is 23.4 Å². The summed E-state index contributed by atoms with van der Waals surface area (Å²) in [4.78, 5) is 4.30. The maximum atomic E-state index is 6.15. The molecule has 0 aromatic carbocycles. The summed E-state index contributed by atoms with van der Waals surface area (Å²) < 4.78 is 1.72. The van der Waals surface area contributed by atoms with E-state index in [1.54, 1.807) is 16.8 Å². The van der Waals surface area contributed by atoms with E-state index in [1.807, 2.05) is 0 Å². The van der Waals surface area contributed by atoms with Crippen molar-refractivity contribution >= 4 is 17.4 Å². The summed E-state index contributed by atoms with van der Waals surface area (Å²) in [6, 6.07) is 0. The largest absolute Gasteiger partial charge is 0.330 e. The zero-order chi connectivity index (χ0) is 10.8. The minimum atomic E-state index is 0.361. The molecule has 1 atom stereocenters. The van der Waals surface area contributed by atoms with Crippen LogP contribution in [0.3, 0.4) is 0 Å². The molecule has 6 heteroatoms. The topological polar surface area (TPSA) is 69.1 Å². The second-order valence-electron chi connectivity index (χ2n) is 3.58. The number of nitrogens with zero attached hydrogens (tertiary/aromatic N) is 4. The highest BCUT2D eigenvalue weighted by Crippen LogP contribution is 2.19. The third kappa shape index (κ3) is 1.93. The van der Waals surface area contributed by atoms with Gasteiger partial charge in [0.2, 0.25) is 0 Å². The first-order valence-electron chi connectivity index (χ1n) is 4.76. The first-order chi connectivity index (χ1) is 7.22. The van der Waals surface area contributed by atoms with Gasteiger partial charge in [-0.25, -0.2) is 4.98 Å². The second kappa shape index (κ2) is 4.12. The van der Waals surface area contributed by atoms with Gasteiger partial charge in [0.15, 0.2) is 0 Å². The van der Waals surface area contributed by atoms with Gasteiger partial charge in [-0.05, 0) is 18.9 Å². The summed E-state index contributed by atoms with van der Waals surface area (Å²) in [5.74, 6) is 0.891. The molecule has 0 saturated heterocycles. The SMILES string of the molecule is CC(CN)Cc1nc2nnccn2c1Cl. The van der Waals surface area contributed by atoms with Crippen LogP contribution >= 0.6 is 11.6 Å². The van der Waals surface area contributed by atoms with E-state index in [0.717, 1.165) is 12.1 Å². The standard InChI is InChI=1S/C9H12ClN5/c1-6(5-11)4-7-8(10)15-3-2-12-14-9(15)13-7/h2-3,6H,4-5,11H2,1H3. The van der Waals surface area contributed by atoms with Crippen molar-refractivity contribution in [3.8, 4) is 0 Å². The first kappa shape index (κ1) is 10.3. The Kier molecular flexibility index (Phi) is 2.83. The fourth-order valence-electron chi connectivity index (χ4n) is 1.37. The van der Waals surface area contributed by atoms with Crippen LogP contribution in [0.15, 0.2) is 12.4 Å². The number of aromatic nitrogens is 4. The summed E-state index contributed by atoms with van der Waals surface area (Å²) >= 11 is 6.15. The molecular formula is C9H12ClN5. The third-order valence-electron chi connectivity index (χ3n) is 2.27. The van der Waals surface area contributed by atoms with Crippen molar-refractivity contribution in [2.75, 3.05) is 6.54 Å². The number of halogens is 1. The van der Waals surface area contributed by atoms with Crippen molar-refractivity contribution in [2.24, 2.45) is 11.7 Å². The van der Waals surface area contributed by atoms with Gasteiger partial charge >= 0.3 is 0 Å². The average molecular weight is 226 g/mol. The summed E-state index contributed by atoms with van der Waals surface area (Å²) in [6.45, 7) is 2.68. The normalized spacial score (nSPS) is 13.3. The molecule has 0 radical (unpaired) electrons. The molecule has 2 aromatic heterocycles. The fourth-order valence-corrected chi connectivity index (χ4v) is 1.63. The van der Waals surface area contributed by atoms with Crippen molar-refractivity contribution in [1.29, 1.82) is 0 Å². The molecule has 2 N–H and O–H groups in total. The molecule has 0 aliphatic carbocycles. The highest BCUT2D eigenvalue weighted by molar-refractivity contribution is 6.30. The molecule has 5 nitrogen and oxygen atoms in total. The molecular weight excluding hydrogens is 214 g/mol. The van der Waals surface area contributed by atoms with Gasteiger partial charge in [-0.2, -0.15) is 5.10 Å². The summed E-state index contributed by atoms with van der Waals surface area (Å²) in [5, 5.41) is 8.23. The molecule has 2 heterocycles. The lowest BCUT2D eigenvalue weighted by atomic mass is 10.1. The molecule has 15 heavy (non-hydrogen) atoms. The van der Waals surface area contributed by atoms with Gasteiger partial charge in [-0.3, -0.25) is 4.40 Å². The lowest BCUT2D eigenvalue weighted by molar-refractivity contribution is 0.586. The first-order valence-corrected chi connectivity index (χ1v) is 5.14. The number of hydrogen-bond acceptors (Lipinski definition) is 4. The molecule has 1 unspecified atom stereocenters. The van der Waals surface area contributed by atoms with Gasteiger partial charge in [0.1, 0.15) is 5.15 Å². The van der Waals surface area contributed by atoms with E-state index in [1.165, 1.54) is 0 Å². The van der Waals surface area contributed by atoms with Gasteiger partial charge in [0.25, 0.3) is 5.78 Å². The van der Waals surface area contributed by atoms with Crippen LogP contribution in [-0.2, 0) is 6.42 Å². The molecule has 0 fully saturated rings. The van der Waals surface area contributed by atoms with Gasteiger partial charge in [-0.1, -0.05) is 18.5 Å². The maximum absolute atomic E-state index is 6.15. The van der Waals surface area contributed by atoms with Crippen molar-refractivity contribution < 1.29 is 0 Å². The molecule has 2 rings (SSSR count). The van der Waals surface area contributed by atoms with E-state index in [4.69, 9.17) is 17.3 Å².